The minimum atomic E-state index is 0.526. The SMILES string of the molecule is CCC(C)NCc1cc(OC)cc(C)n1. The van der Waals surface area contributed by atoms with Gasteiger partial charge in [0.15, 0.2) is 0 Å². The van der Waals surface area contributed by atoms with Crippen molar-refractivity contribution >= 4 is 0 Å². The van der Waals surface area contributed by atoms with Crippen molar-refractivity contribution in [1.29, 1.82) is 0 Å². The number of nitrogens with zero attached hydrogens (tertiary/aromatic N) is 1. The Hall–Kier alpha value is -1.09. The van der Waals surface area contributed by atoms with E-state index >= 15 is 0 Å². The van der Waals surface area contributed by atoms with Crippen molar-refractivity contribution in [3.05, 3.63) is 23.5 Å². The lowest BCUT2D eigenvalue weighted by molar-refractivity contribution is 0.412. The van der Waals surface area contributed by atoms with Crippen LogP contribution in [0.4, 0.5) is 0 Å². The van der Waals surface area contributed by atoms with Gasteiger partial charge in [0.1, 0.15) is 5.75 Å². The summed E-state index contributed by atoms with van der Waals surface area (Å²) < 4.78 is 5.20. The highest BCUT2D eigenvalue weighted by molar-refractivity contribution is 5.26. The number of aromatic nitrogens is 1. The van der Waals surface area contributed by atoms with Gasteiger partial charge in [-0.15, -0.1) is 0 Å². The molecule has 1 unspecified atom stereocenters. The van der Waals surface area contributed by atoms with E-state index in [4.69, 9.17) is 4.74 Å². The maximum absolute atomic E-state index is 5.20. The summed E-state index contributed by atoms with van der Waals surface area (Å²) in [6, 6.07) is 4.44. The average molecular weight is 208 g/mol. The summed E-state index contributed by atoms with van der Waals surface area (Å²) >= 11 is 0. The summed E-state index contributed by atoms with van der Waals surface area (Å²) in [5, 5.41) is 3.41. The van der Waals surface area contributed by atoms with Gasteiger partial charge in [-0.1, -0.05) is 6.92 Å². The Morgan fingerprint density at radius 1 is 1.47 bits per heavy atom. The van der Waals surface area contributed by atoms with Gasteiger partial charge in [0.2, 0.25) is 0 Å². The van der Waals surface area contributed by atoms with Crippen LogP contribution in [0.3, 0.4) is 0 Å². The molecule has 1 aromatic heterocycles. The molecule has 84 valence electrons. The first-order chi connectivity index (χ1) is 7.15. The molecule has 0 amide bonds. The fourth-order valence-electron chi connectivity index (χ4n) is 1.33. The van der Waals surface area contributed by atoms with Crippen LogP contribution < -0.4 is 10.1 Å². The molecule has 0 saturated heterocycles. The number of aryl methyl sites for hydroxylation is 1. The van der Waals surface area contributed by atoms with Crippen LogP contribution in [0.5, 0.6) is 5.75 Å². The Labute approximate surface area is 91.9 Å². The van der Waals surface area contributed by atoms with E-state index in [1.807, 2.05) is 19.1 Å². The molecular weight excluding hydrogens is 188 g/mol. The summed E-state index contributed by atoms with van der Waals surface area (Å²) in [6.07, 6.45) is 1.13. The monoisotopic (exact) mass is 208 g/mol. The minimum Gasteiger partial charge on any atom is -0.497 e. The first kappa shape index (κ1) is 12.0. The van der Waals surface area contributed by atoms with E-state index in [1.165, 1.54) is 0 Å². The summed E-state index contributed by atoms with van der Waals surface area (Å²) in [5.74, 6) is 0.878. The van der Waals surface area contributed by atoms with Crippen molar-refractivity contribution in [2.24, 2.45) is 0 Å². The van der Waals surface area contributed by atoms with Crippen LogP contribution in [0, 0.1) is 6.92 Å². The van der Waals surface area contributed by atoms with Crippen LogP contribution in [-0.2, 0) is 6.54 Å². The number of ether oxygens (including phenoxy) is 1. The normalized spacial score (nSPS) is 12.5. The van der Waals surface area contributed by atoms with Gasteiger partial charge in [-0.3, -0.25) is 4.98 Å². The first-order valence-corrected chi connectivity index (χ1v) is 5.40. The number of hydrogen-bond donors (Lipinski definition) is 1. The van der Waals surface area contributed by atoms with Crippen molar-refractivity contribution in [1.82, 2.24) is 10.3 Å². The van der Waals surface area contributed by atoms with Gasteiger partial charge >= 0.3 is 0 Å². The molecule has 0 aliphatic rings. The van der Waals surface area contributed by atoms with Crippen molar-refractivity contribution in [2.45, 2.75) is 39.8 Å². The van der Waals surface area contributed by atoms with Crippen LogP contribution in [0.2, 0.25) is 0 Å². The van der Waals surface area contributed by atoms with E-state index in [-0.39, 0.29) is 0 Å². The zero-order valence-electron chi connectivity index (χ0n) is 10.0. The Balaban J connectivity index is 2.64. The third-order valence-electron chi connectivity index (χ3n) is 2.46. The molecule has 1 N–H and O–H groups in total. The topological polar surface area (TPSA) is 34.1 Å². The average Bonchev–Trinajstić information content (AvgIpc) is 2.25. The van der Waals surface area contributed by atoms with Crippen LogP contribution in [-0.4, -0.2) is 18.1 Å². The molecule has 0 aliphatic heterocycles. The molecule has 0 fully saturated rings. The molecule has 15 heavy (non-hydrogen) atoms. The predicted octanol–water partition coefficient (Wildman–Crippen LogP) is 2.29. The minimum absolute atomic E-state index is 0.526. The van der Waals surface area contributed by atoms with E-state index in [1.54, 1.807) is 7.11 Å². The molecule has 0 saturated carbocycles. The number of hydrogen-bond acceptors (Lipinski definition) is 3. The molecule has 0 spiro atoms. The maximum atomic E-state index is 5.20. The molecule has 1 heterocycles. The van der Waals surface area contributed by atoms with Crippen molar-refractivity contribution in [3.8, 4) is 5.75 Å². The lowest BCUT2D eigenvalue weighted by Gasteiger charge is -2.11. The van der Waals surface area contributed by atoms with E-state index in [0.29, 0.717) is 6.04 Å². The summed E-state index contributed by atoms with van der Waals surface area (Å²) in [7, 11) is 1.68. The molecule has 0 bridgehead atoms. The second-order valence-electron chi connectivity index (χ2n) is 3.83. The molecule has 1 atom stereocenters. The van der Waals surface area contributed by atoms with Gasteiger partial charge < -0.3 is 10.1 Å². The first-order valence-electron chi connectivity index (χ1n) is 5.40. The van der Waals surface area contributed by atoms with Crippen LogP contribution in [0.15, 0.2) is 12.1 Å². The number of pyridine rings is 1. The van der Waals surface area contributed by atoms with Gasteiger partial charge in [-0.2, -0.15) is 0 Å². The number of methoxy groups -OCH3 is 1. The Morgan fingerprint density at radius 2 is 2.20 bits per heavy atom. The highest BCUT2D eigenvalue weighted by atomic mass is 16.5. The Bertz CT molecular complexity index is 312. The van der Waals surface area contributed by atoms with Crippen molar-refractivity contribution in [3.63, 3.8) is 0 Å². The van der Waals surface area contributed by atoms with Gasteiger partial charge in [0.25, 0.3) is 0 Å². The van der Waals surface area contributed by atoms with Crippen molar-refractivity contribution < 1.29 is 4.74 Å². The lowest BCUT2D eigenvalue weighted by Crippen LogP contribution is -2.25. The van der Waals surface area contributed by atoms with Gasteiger partial charge in [0, 0.05) is 30.4 Å². The summed E-state index contributed by atoms with van der Waals surface area (Å²) in [5.41, 5.74) is 2.03. The molecule has 0 aromatic carbocycles. The Morgan fingerprint density at radius 3 is 2.80 bits per heavy atom. The third-order valence-corrected chi connectivity index (χ3v) is 2.46. The standard InChI is InChI=1S/C12H20N2O/c1-5-9(2)13-8-11-7-12(15-4)6-10(3)14-11/h6-7,9,13H,5,8H2,1-4H3. The zero-order valence-corrected chi connectivity index (χ0v) is 10.0. The molecular formula is C12H20N2O. The van der Waals surface area contributed by atoms with Crippen LogP contribution in [0.1, 0.15) is 31.7 Å². The third kappa shape index (κ3) is 3.88. The van der Waals surface area contributed by atoms with Crippen LogP contribution >= 0.6 is 0 Å². The molecule has 3 nitrogen and oxygen atoms in total. The maximum Gasteiger partial charge on any atom is 0.122 e. The highest BCUT2D eigenvalue weighted by Crippen LogP contribution is 2.13. The highest BCUT2D eigenvalue weighted by Gasteiger charge is 2.02. The van der Waals surface area contributed by atoms with Gasteiger partial charge in [-0.05, 0) is 20.3 Å². The fourth-order valence-corrected chi connectivity index (χ4v) is 1.33. The van der Waals surface area contributed by atoms with Crippen molar-refractivity contribution in [2.75, 3.05) is 7.11 Å². The quantitative estimate of drug-likeness (QED) is 0.806. The molecule has 1 aromatic rings. The second kappa shape index (κ2) is 5.71. The van der Waals surface area contributed by atoms with Gasteiger partial charge in [-0.25, -0.2) is 0 Å². The molecule has 1 rings (SSSR count). The number of nitrogens with one attached hydrogen (secondary N) is 1. The fraction of sp³-hybridized carbons (Fsp3) is 0.583. The van der Waals surface area contributed by atoms with Gasteiger partial charge in [0.05, 0.1) is 12.8 Å². The smallest absolute Gasteiger partial charge is 0.122 e. The van der Waals surface area contributed by atoms with Crippen LogP contribution in [0.25, 0.3) is 0 Å². The predicted molar refractivity (Wildman–Crippen MR) is 62.1 cm³/mol. The summed E-state index contributed by atoms with van der Waals surface area (Å²) in [6.45, 7) is 7.12. The van der Waals surface area contributed by atoms with E-state index < -0.39 is 0 Å². The molecule has 3 heteroatoms. The Kier molecular flexibility index (Phi) is 4.56. The summed E-state index contributed by atoms with van der Waals surface area (Å²) in [4.78, 5) is 4.45. The largest absolute Gasteiger partial charge is 0.497 e. The molecule has 0 radical (unpaired) electrons. The lowest BCUT2D eigenvalue weighted by atomic mass is 10.2. The molecule has 0 aliphatic carbocycles. The van der Waals surface area contributed by atoms with E-state index in [9.17, 15) is 0 Å². The van der Waals surface area contributed by atoms with E-state index in [0.717, 1.165) is 30.1 Å². The van der Waals surface area contributed by atoms with E-state index in [2.05, 4.69) is 24.1 Å². The zero-order chi connectivity index (χ0) is 11.3. The second-order valence-corrected chi connectivity index (χ2v) is 3.83. The number of rotatable bonds is 5.